The van der Waals surface area contributed by atoms with Gasteiger partial charge in [-0.3, -0.25) is 0 Å². The minimum absolute atomic E-state index is 0.370. The fourth-order valence-corrected chi connectivity index (χ4v) is 1.98. The summed E-state index contributed by atoms with van der Waals surface area (Å²) in [5, 5.41) is 0.932. The largest absolute Gasteiger partial charge is 0.320 e. The maximum absolute atomic E-state index is 5.94. The van der Waals surface area contributed by atoms with E-state index >= 15 is 0 Å². The molecule has 2 heterocycles. The summed E-state index contributed by atoms with van der Waals surface area (Å²) in [5.41, 5.74) is 6.36. The standard InChI is InChI=1S/C9H11N3S/c1-9(2,10)8-12-7-6(13-8)4-3-5-11-7/h3-5H,10H2,1-2H3. The summed E-state index contributed by atoms with van der Waals surface area (Å²) < 4.78 is 1.09. The molecule has 0 bridgehead atoms. The second kappa shape index (κ2) is 2.75. The Kier molecular flexibility index (Phi) is 1.82. The third-order valence-corrected chi connectivity index (χ3v) is 3.07. The van der Waals surface area contributed by atoms with Gasteiger partial charge in [-0.15, -0.1) is 11.3 Å². The molecule has 0 unspecified atom stereocenters. The van der Waals surface area contributed by atoms with Crippen LogP contribution in [-0.2, 0) is 5.54 Å². The molecule has 0 radical (unpaired) electrons. The van der Waals surface area contributed by atoms with Gasteiger partial charge in [0.1, 0.15) is 5.01 Å². The Labute approximate surface area is 80.6 Å². The average Bonchev–Trinajstić information content (AvgIpc) is 2.45. The van der Waals surface area contributed by atoms with Crippen molar-refractivity contribution in [3.05, 3.63) is 23.3 Å². The van der Waals surface area contributed by atoms with Gasteiger partial charge in [0.05, 0.1) is 10.2 Å². The molecule has 2 aromatic rings. The van der Waals surface area contributed by atoms with Crippen molar-refractivity contribution < 1.29 is 0 Å². The molecular weight excluding hydrogens is 182 g/mol. The second-order valence-corrected chi connectivity index (χ2v) is 4.60. The zero-order chi connectivity index (χ0) is 9.47. The number of pyridine rings is 1. The predicted octanol–water partition coefficient (Wildman–Crippen LogP) is 1.89. The van der Waals surface area contributed by atoms with Gasteiger partial charge in [-0.25, -0.2) is 9.97 Å². The van der Waals surface area contributed by atoms with E-state index in [9.17, 15) is 0 Å². The molecule has 2 rings (SSSR count). The normalized spacial score (nSPS) is 12.2. The van der Waals surface area contributed by atoms with Gasteiger partial charge in [0.25, 0.3) is 0 Å². The van der Waals surface area contributed by atoms with Gasteiger partial charge in [0, 0.05) is 6.20 Å². The topological polar surface area (TPSA) is 51.8 Å². The van der Waals surface area contributed by atoms with E-state index in [0.717, 1.165) is 15.4 Å². The Balaban J connectivity index is 2.63. The zero-order valence-electron chi connectivity index (χ0n) is 7.61. The molecule has 0 aromatic carbocycles. The minimum Gasteiger partial charge on any atom is -0.320 e. The maximum atomic E-state index is 5.94. The second-order valence-electron chi connectivity index (χ2n) is 3.57. The van der Waals surface area contributed by atoms with Gasteiger partial charge in [0.15, 0.2) is 5.65 Å². The van der Waals surface area contributed by atoms with E-state index in [-0.39, 0.29) is 5.54 Å². The lowest BCUT2D eigenvalue weighted by Crippen LogP contribution is -2.28. The summed E-state index contributed by atoms with van der Waals surface area (Å²) in [6.07, 6.45) is 1.75. The molecule has 13 heavy (non-hydrogen) atoms. The quantitative estimate of drug-likeness (QED) is 0.752. The SMILES string of the molecule is CC(C)(N)c1nc2ncccc2s1. The molecule has 0 atom stereocenters. The molecule has 0 fully saturated rings. The van der Waals surface area contributed by atoms with E-state index in [4.69, 9.17) is 5.73 Å². The lowest BCUT2D eigenvalue weighted by atomic mass is 10.1. The van der Waals surface area contributed by atoms with E-state index < -0.39 is 0 Å². The number of hydrogen-bond donors (Lipinski definition) is 1. The summed E-state index contributed by atoms with van der Waals surface area (Å²) >= 11 is 1.61. The van der Waals surface area contributed by atoms with Crippen molar-refractivity contribution in [2.45, 2.75) is 19.4 Å². The molecule has 4 heteroatoms. The van der Waals surface area contributed by atoms with Gasteiger partial charge in [0.2, 0.25) is 0 Å². The van der Waals surface area contributed by atoms with Crippen LogP contribution in [0.1, 0.15) is 18.9 Å². The van der Waals surface area contributed by atoms with Crippen molar-refractivity contribution >= 4 is 21.7 Å². The molecule has 0 saturated heterocycles. The van der Waals surface area contributed by atoms with Gasteiger partial charge in [-0.1, -0.05) is 0 Å². The van der Waals surface area contributed by atoms with E-state index in [1.807, 2.05) is 26.0 Å². The first kappa shape index (κ1) is 8.59. The predicted molar refractivity (Wildman–Crippen MR) is 54.6 cm³/mol. The molecule has 2 N–H and O–H groups in total. The summed E-state index contributed by atoms with van der Waals surface area (Å²) in [4.78, 5) is 8.53. The molecule has 0 saturated carbocycles. The van der Waals surface area contributed by atoms with Gasteiger partial charge in [-0.05, 0) is 26.0 Å². The van der Waals surface area contributed by atoms with Crippen LogP contribution in [0.25, 0.3) is 10.3 Å². The van der Waals surface area contributed by atoms with E-state index in [0.29, 0.717) is 0 Å². The van der Waals surface area contributed by atoms with E-state index in [1.165, 1.54) is 0 Å². The lowest BCUT2D eigenvalue weighted by molar-refractivity contribution is 0.551. The number of nitrogens with two attached hydrogens (primary N) is 1. The van der Waals surface area contributed by atoms with Gasteiger partial charge < -0.3 is 5.73 Å². The zero-order valence-corrected chi connectivity index (χ0v) is 8.43. The van der Waals surface area contributed by atoms with Crippen molar-refractivity contribution in [2.24, 2.45) is 5.73 Å². The minimum atomic E-state index is -0.370. The highest BCUT2D eigenvalue weighted by Crippen LogP contribution is 2.26. The average molecular weight is 193 g/mol. The Hall–Kier alpha value is -1.000. The fraction of sp³-hybridized carbons (Fsp3) is 0.333. The highest BCUT2D eigenvalue weighted by Gasteiger charge is 2.19. The summed E-state index contributed by atoms with van der Waals surface area (Å²) in [6, 6.07) is 3.92. The third-order valence-electron chi connectivity index (χ3n) is 1.72. The van der Waals surface area contributed by atoms with Crippen molar-refractivity contribution in [3.8, 4) is 0 Å². The molecule has 0 aliphatic carbocycles. The number of aromatic nitrogens is 2. The Morgan fingerprint density at radius 1 is 1.46 bits per heavy atom. The third kappa shape index (κ3) is 1.55. The van der Waals surface area contributed by atoms with Gasteiger partial charge >= 0.3 is 0 Å². The van der Waals surface area contributed by atoms with Crippen LogP contribution in [0.2, 0.25) is 0 Å². The maximum Gasteiger partial charge on any atom is 0.170 e. The Morgan fingerprint density at radius 3 is 2.85 bits per heavy atom. The molecule has 0 aliphatic heterocycles. The summed E-state index contributed by atoms with van der Waals surface area (Å²) in [6.45, 7) is 3.90. The van der Waals surface area contributed by atoms with E-state index in [2.05, 4.69) is 9.97 Å². The van der Waals surface area contributed by atoms with Crippen molar-refractivity contribution in [1.82, 2.24) is 9.97 Å². The first-order valence-electron chi connectivity index (χ1n) is 4.08. The van der Waals surface area contributed by atoms with Crippen molar-refractivity contribution in [3.63, 3.8) is 0 Å². The highest BCUT2D eigenvalue weighted by atomic mass is 32.1. The van der Waals surface area contributed by atoms with Crippen LogP contribution in [0.15, 0.2) is 18.3 Å². The van der Waals surface area contributed by atoms with Crippen LogP contribution in [0.3, 0.4) is 0 Å². The van der Waals surface area contributed by atoms with Gasteiger partial charge in [-0.2, -0.15) is 0 Å². The number of nitrogens with zero attached hydrogens (tertiary/aromatic N) is 2. The van der Waals surface area contributed by atoms with Crippen LogP contribution >= 0.6 is 11.3 Å². The molecule has 3 nitrogen and oxygen atoms in total. The smallest absolute Gasteiger partial charge is 0.170 e. The number of thiazole rings is 1. The summed E-state index contributed by atoms with van der Waals surface area (Å²) in [7, 11) is 0. The molecule has 68 valence electrons. The molecule has 0 aliphatic rings. The van der Waals surface area contributed by atoms with Crippen molar-refractivity contribution in [2.75, 3.05) is 0 Å². The van der Waals surface area contributed by atoms with Crippen LogP contribution in [0.4, 0.5) is 0 Å². The Morgan fingerprint density at radius 2 is 2.23 bits per heavy atom. The molecule has 0 amide bonds. The molecule has 2 aromatic heterocycles. The van der Waals surface area contributed by atoms with E-state index in [1.54, 1.807) is 17.5 Å². The fourth-order valence-electron chi connectivity index (χ4n) is 1.04. The molecule has 0 spiro atoms. The number of rotatable bonds is 1. The highest BCUT2D eigenvalue weighted by molar-refractivity contribution is 7.18. The number of fused-ring (bicyclic) bond motifs is 1. The van der Waals surface area contributed by atoms with Crippen LogP contribution in [0, 0.1) is 0 Å². The van der Waals surface area contributed by atoms with Crippen molar-refractivity contribution in [1.29, 1.82) is 0 Å². The Bertz CT molecular complexity index is 395. The van der Waals surface area contributed by atoms with Crippen LogP contribution in [-0.4, -0.2) is 9.97 Å². The monoisotopic (exact) mass is 193 g/mol. The lowest BCUT2D eigenvalue weighted by Gasteiger charge is -2.13. The van der Waals surface area contributed by atoms with Crippen LogP contribution in [0.5, 0.6) is 0 Å². The number of hydrogen-bond acceptors (Lipinski definition) is 4. The first-order chi connectivity index (χ1) is 6.07. The first-order valence-corrected chi connectivity index (χ1v) is 4.90. The molecular formula is C9H11N3S. The summed E-state index contributed by atoms with van der Waals surface area (Å²) in [5.74, 6) is 0. The van der Waals surface area contributed by atoms with Crippen LogP contribution < -0.4 is 5.73 Å².